The molecule has 1 aromatic carbocycles. The van der Waals surface area contributed by atoms with Crippen molar-refractivity contribution in [1.82, 2.24) is 4.72 Å². The monoisotopic (exact) mass is 399 g/mol. The van der Waals surface area contributed by atoms with Crippen LogP contribution < -0.4 is 4.72 Å². The molecule has 1 aromatic rings. The van der Waals surface area contributed by atoms with Crippen LogP contribution in [-0.4, -0.2) is 40.3 Å². The summed E-state index contributed by atoms with van der Waals surface area (Å²) in [5, 5.41) is 10.8. The van der Waals surface area contributed by atoms with Crippen molar-refractivity contribution in [2.75, 3.05) is 12.8 Å². The predicted molar refractivity (Wildman–Crippen MR) is 96.8 cm³/mol. The molecule has 4 saturated carbocycles. The van der Waals surface area contributed by atoms with E-state index in [9.17, 15) is 21.9 Å². The summed E-state index contributed by atoms with van der Waals surface area (Å²) in [6.07, 6.45) is 6.57. The first-order chi connectivity index (χ1) is 12.0. The summed E-state index contributed by atoms with van der Waals surface area (Å²) >= 11 is 0. The SMILES string of the molecule is CS(=O)(=O)c1ccc(S(=O)(=O)NCC23CC4CC(CC(O)(C4)C2)C3)cc1. The molecule has 2 N–H and O–H groups in total. The highest BCUT2D eigenvalue weighted by Crippen LogP contribution is 2.61. The molecule has 8 heteroatoms. The van der Waals surface area contributed by atoms with Crippen molar-refractivity contribution in [3.8, 4) is 0 Å². The summed E-state index contributed by atoms with van der Waals surface area (Å²) in [7, 11) is -7.07. The molecule has 6 nitrogen and oxygen atoms in total. The topological polar surface area (TPSA) is 101 Å². The maximum atomic E-state index is 12.6. The second-order valence-corrected chi connectivity index (χ2v) is 12.5. The highest BCUT2D eigenvalue weighted by Gasteiger charge is 2.57. The summed E-state index contributed by atoms with van der Waals surface area (Å²) in [4.78, 5) is 0.160. The smallest absolute Gasteiger partial charge is 0.240 e. The van der Waals surface area contributed by atoms with Gasteiger partial charge in [0.05, 0.1) is 15.4 Å². The van der Waals surface area contributed by atoms with Crippen molar-refractivity contribution in [1.29, 1.82) is 0 Å². The Bertz CT molecular complexity index is 907. The van der Waals surface area contributed by atoms with Crippen molar-refractivity contribution in [2.45, 2.75) is 53.9 Å². The lowest BCUT2D eigenvalue weighted by Gasteiger charge is -2.60. The molecule has 4 aliphatic carbocycles. The molecule has 0 heterocycles. The van der Waals surface area contributed by atoms with Gasteiger partial charge in [-0.3, -0.25) is 0 Å². The van der Waals surface area contributed by atoms with E-state index >= 15 is 0 Å². The van der Waals surface area contributed by atoms with Crippen LogP contribution in [0.15, 0.2) is 34.1 Å². The molecule has 0 spiro atoms. The lowest BCUT2D eigenvalue weighted by atomic mass is 9.48. The van der Waals surface area contributed by atoms with Gasteiger partial charge in [-0.15, -0.1) is 0 Å². The number of nitrogens with one attached hydrogen (secondary N) is 1. The van der Waals surface area contributed by atoms with Crippen LogP contribution in [0.1, 0.15) is 38.5 Å². The number of benzene rings is 1. The van der Waals surface area contributed by atoms with Crippen molar-refractivity contribution in [2.24, 2.45) is 17.3 Å². The van der Waals surface area contributed by atoms with Gasteiger partial charge in [0.15, 0.2) is 9.84 Å². The van der Waals surface area contributed by atoms with Crippen LogP contribution in [0.4, 0.5) is 0 Å². The molecule has 144 valence electrons. The summed E-state index contributed by atoms with van der Waals surface area (Å²) in [6.45, 7) is 0.332. The Kier molecular flexibility index (Phi) is 4.08. The normalized spacial score (nSPS) is 36.4. The fourth-order valence-corrected chi connectivity index (χ4v) is 7.59. The van der Waals surface area contributed by atoms with Gasteiger partial charge in [0.2, 0.25) is 10.0 Å². The third kappa shape index (κ3) is 3.32. The van der Waals surface area contributed by atoms with E-state index < -0.39 is 25.5 Å². The Morgan fingerprint density at radius 3 is 2.04 bits per heavy atom. The third-order valence-corrected chi connectivity index (χ3v) is 8.90. The zero-order valence-corrected chi connectivity index (χ0v) is 16.4. The first kappa shape index (κ1) is 18.4. The molecule has 2 atom stereocenters. The zero-order valence-electron chi connectivity index (χ0n) is 14.8. The highest BCUT2D eigenvalue weighted by molar-refractivity contribution is 7.90. The molecule has 0 amide bonds. The average molecular weight is 400 g/mol. The van der Waals surface area contributed by atoms with E-state index in [2.05, 4.69) is 4.72 Å². The Hall–Kier alpha value is -0.960. The first-order valence-electron chi connectivity index (χ1n) is 9.01. The van der Waals surface area contributed by atoms with E-state index in [1.807, 2.05) is 0 Å². The van der Waals surface area contributed by atoms with Crippen molar-refractivity contribution in [3.63, 3.8) is 0 Å². The van der Waals surface area contributed by atoms with Crippen molar-refractivity contribution in [3.05, 3.63) is 24.3 Å². The summed E-state index contributed by atoms with van der Waals surface area (Å²) < 4.78 is 51.0. The zero-order chi connectivity index (χ0) is 18.8. The van der Waals surface area contributed by atoms with Gasteiger partial charge in [-0.1, -0.05) is 0 Å². The molecule has 0 aliphatic heterocycles. The number of aliphatic hydroxyl groups is 1. The van der Waals surface area contributed by atoms with Crippen molar-refractivity contribution < 1.29 is 21.9 Å². The van der Waals surface area contributed by atoms with Gasteiger partial charge in [0, 0.05) is 12.8 Å². The molecule has 0 radical (unpaired) electrons. The number of sulfone groups is 1. The lowest BCUT2D eigenvalue weighted by Crippen LogP contribution is -2.58. The number of rotatable bonds is 5. The predicted octanol–water partition coefficient (Wildman–Crippen LogP) is 1.70. The molecule has 4 aliphatic rings. The van der Waals surface area contributed by atoms with Gasteiger partial charge in [0.25, 0.3) is 0 Å². The molecule has 4 bridgehead atoms. The van der Waals surface area contributed by atoms with Crippen LogP contribution >= 0.6 is 0 Å². The molecule has 26 heavy (non-hydrogen) atoms. The quantitative estimate of drug-likeness (QED) is 0.785. The molecule has 0 aromatic heterocycles. The second kappa shape index (κ2) is 5.77. The van der Waals surface area contributed by atoms with Gasteiger partial charge >= 0.3 is 0 Å². The minimum atomic E-state index is -3.71. The Morgan fingerprint density at radius 1 is 1.00 bits per heavy atom. The van der Waals surface area contributed by atoms with Crippen LogP contribution in [0, 0.1) is 17.3 Å². The minimum Gasteiger partial charge on any atom is -0.390 e. The molecule has 0 saturated heterocycles. The third-order valence-electron chi connectivity index (χ3n) is 6.35. The maximum Gasteiger partial charge on any atom is 0.240 e. The van der Waals surface area contributed by atoms with Gasteiger partial charge in [-0.2, -0.15) is 0 Å². The van der Waals surface area contributed by atoms with Gasteiger partial charge < -0.3 is 5.11 Å². The van der Waals surface area contributed by atoms with E-state index in [-0.39, 0.29) is 15.2 Å². The van der Waals surface area contributed by atoms with E-state index in [4.69, 9.17) is 0 Å². The number of sulfonamides is 1. The van der Waals surface area contributed by atoms with Crippen LogP contribution in [0.3, 0.4) is 0 Å². The average Bonchev–Trinajstić information content (AvgIpc) is 2.50. The highest BCUT2D eigenvalue weighted by atomic mass is 32.2. The largest absolute Gasteiger partial charge is 0.390 e. The fourth-order valence-electron chi connectivity index (χ4n) is 5.81. The second-order valence-electron chi connectivity index (χ2n) is 8.75. The van der Waals surface area contributed by atoms with Crippen LogP contribution in [0.25, 0.3) is 0 Å². The Balaban J connectivity index is 1.50. The molecular weight excluding hydrogens is 374 g/mol. The maximum absolute atomic E-state index is 12.6. The number of hydrogen-bond acceptors (Lipinski definition) is 5. The Morgan fingerprint density at radius 2 is 1.54 bits per heavy atom. The van der Waals surface area contributed by atoms with Gasteiger partial charge in [-0.25, -0.2) is 21.6 Å². The standard InChI is InChI=1S/C18H25NO5S2/c1-25(21,22)15-2-4-16(5-3-15)26(23,24)19-12-17-7-13-6-14(8-17)10-18(20,9-13)11-17/h2-5,13-14,19-20H,6-12H2,1H3. The summed E-state index contributed by atoms with van der Waals surface area (Å²) in [5.74, 6) is 1.000. The van der Waals surface area contributed by atoms with Gasteiger partial charge in [-0.05, 0) is 80.0 Å². The molecular formula is C18H25NO5S2. The lowest BCUT2D eigenvalue weighted by molar-refractivity contribution is -0.161. The van der Waals surface area contributed by atoms with E-state index in [1.54, 1.807) is 0 Å². The fraction of sp³-hybridized carbons (Fsp3) is 0.667. The molecule has 2 unspecified atom stereocenters. The molecule has 4 fully saturated rings. The Labute approximate surface area is 155 Å². The van der Waals surface area contributed by atoms with E-state index in [1.165, 1.54) is 24.3 Å². The first-order valence-corrected chi connectivity index (χ1v) is 12.4. The van der Waals surface area contributed by atoms with Crippen LogP contribution in [0.2, 0.25) is 0 Å². The van der Waals surface area contributed by atoms with E-state index in [0.29, 0.717) is 24.8 Å². The van der Waals surface area contributed by atoms with Crippen LogP contribution in [-0.2, 0) is 19.9 Å². The molecule has 5 rings (SSSR count). The van der Waals surface area contributed by atoms with E-state index in [0.717, 1.165) is 38.4 Å². The van der Waals surface area contributed by atoms with Crippen LogP contribution in [0.5, 0.6) is 0 Å². The van der Waals surface area contributed by atoms with Gasteiger partial charge in [0.1, 0.15) is 0 Å². The minimum absolute atomic E-state index is 0.0633. The summed E-state index contributed by atoms with van der Waals surface area (Å²) in [6, 6.07) is 5.28. The summed E-state index contributed by atoms with van der Waals surface area (Å²) in [5.41, 5.74) is -0.773. The number of hydrogen-bond donors (Lipinski definition) is 2. The van der Waals surface area contributed by atoms with Crippen molar-refractivity contribution >= 4 is 19.9 Å².